The molecule has 0 amide bonds. The predicted octanol–water partition coefficient (Wildman–Crippen LogP) is 5.52. The molecule has 158 valence electrons. The Morgan fingerprint density at radius 1 is 0.903 bits per heavy atom. The number of fused-ring (bicyclic) bond motifs is 1. The Hall–Kier alpha value is -3.73. The molecule has 0 atom stereocenters. The summed E-state index contributed by atoms with van der Waals surface area (Å²) in [4.78, 5) is 12.9. The van der Waals surface area contributed by atoms with E-state index in [0.717, 1.165) is 16.7 Å². The quantitative estimate of drug-likeness (QED) is 0.496. The van der Waals surface area contributed by atoms with Gasteiger partial charge < -0.3 is 18.9 Å². The molecule has 5 heteroatoms. The molecule has 1 heterocycles. The highest BCUT2D eigenvalue weighted by atomic mass is 16.5. The Morgan fingerprint density at radius 3 is 2.39 bits per heavy atom. The van der Waals surface area contributed by atoms with Crippen molar-refractivity contribution < 1.29 is 23.7 Å². The van der Waals surface area contributed by atoms with E-state index >= 15 is 0 Å². The molecule has 0 fully saturated rings. The molecule has 31 heavy (non-hydrogen) atoms. The number of hydrogen-bond donors (Lipinski definition) is 0. The lowest BCUT2D eigenvalue weighted by atomic mass is 10.1. The third-order valence-corrected chi connectivity index (χ3v) is 5.39. The van der Waals surface area contributed by atoms with E-state index < -0.39 is 0 Å². The van der Waals surface area contributed by atoms with Gasteiger partial charge in [-0.05, 0) is 60.9 Å². The fourth-order valence-electron chi connectivity index (χ4n) is 3.55. The molecule has 0 spiro atoms. The van der Waals surface area contributed by atoms with E-state index in [1.165, 1.54) is 5.56 Å². The van der Waals surface area contributed by atoms with Crippen molar-refractivity contribution in [3.63, 3.8) is 0 Å². The average Bonchev–Trinajstić information content (AvgIpc) is 3.10. The lowest BCUT2D eigenvalue weighted by Crippen LogP contribution is -2.00. The van der Waals surface area contributed by atoms with Gasteiger partial charge >= 0.3 is 0 Å². The summed E-state index contributed by atoms with van der Waals surface area (Å²) >= 11 is 0. The summed E-state index contributed by atoms with van der Waals surface area (Å²) in [5, 5.41) is 0. The summed E-state index contributed by atoms with van der Waals surface area (Å²) in [5.74, 6) is 2.56. The summed E-state index contributed by atoms with van der Waals surface area (Å²) < 4.78 is 22.6. The van der Waals surface area contributed by atoms with Crippen molar-refractivity contribution in [2.24, 2.45) is 0 Å². The normalized spacial score (nSPS) is 13.7. The van der Waals surface area contributed by atoms with Gasteiger partial charge in [0.2, 0.25) is 5.78 Å². The van der Waals surface area contributed by atoms with Crippen LogP contribution in [-0.4, -0.2) is 20.0 Å². The van der Waals surface area contributed by atoms with Crippen LogP contribution in [0.5, 0.6) is 23.0 Å². The SMILES string of the molecule is COc1ccc(/C=C2\Oc3c(ccc(OCc4ccccc4C)c3C)C2=O)cc1OC. The summed E-state index contributed by atoms with van der Waals surface area (Å²) in [6.07, 6.45) is 1.71. The van der Waals surface area contributed by atoms with Crippen molar-refractivity contribution in [2.45, 2.75) is 20.5 Å². The molecule has 1 aliphatic rings. The first-order chi connectivity index (χ1) is 15.0. The van der Waals surface area contributed by atoms with Gasteiger partial charge in [0.1, 0.15) is 18.1 Å². The van der Waals surface area contributed by atoms with Crippen molar-refractivity contribution in [3.05, 3.63) is 88.2 Å². The van der Waals surface area contributed by atoms with Crippen molar-refractivity contribution in [1.29, 1.82) is 0 Å². The second kappa shape index (κ2) is 8.56. The molecule has 4 rings (SSSR count). The number of ether oxygens (including phenoxy) is 4. The summed E-state index contributed by atoms with van der Waals surface area (Å²) in [5.41, 5.74) is 4.41. The predicted molar refractivity (Wildman–Crippen MR) is 119 cm³/mol. The molecule has 3 aromatic carbocycles. The number of rotatable bonds is 6. The van der Waals surface area contributed by atoms with E-state index in [4.69, 9.17) is 18.9 Å². The number of carbonyl (C=O) groups excluding carboxylic acids is 1. The van der Waals surface area contributed by atoms with Gasteiger partial charge in [0.05, 0.1) is 19.8 Å². The van der Waals surface area contributed by atoms with E-state index in [0.29, 0.717) is 35.2 Å². The number of Topliss-reactive ketones (excluding diaryl/α,β-unsaturated/α-hetero) is 1. The largest absolute Gasteiger partial charge is 0.493 e. The Morgan fingerprint density at radius 2 is 1.65 bits per heavy atom. The van der Waals surface area contributed by atoms with Gasteiger partial charge in [0.15, 0.2) is 17.3 Å². The molecule has 0 unspecified atom stereocenters. The zero-order chi connectivity index (χ0) is 22.0. The number of hydrogen-bond acceptors (Lipinski definition) is 5. The van der Waals surface area contributed by atoms with E-state index in [2.05, 4.69) is 13.0 Å². The minimum Gasteiger partial charge on any atom is -0.493 e. The first-order valence-electron chi connectivity index (χ1n) is 9.99. The molecule has 0 saturated heterocycles. The van der Waals surface area contributed by atoms with Crippen LogP contribution in [0.3, 0.4) is 0 Å². The third kappa shape index (κ3) is 3.99. The lowest BCUT2D eigenvalue weighted by molar-refractivity contribution is 0.101. The minimum atomic E-state index is -0.154. The number of aryl methyl sites for hydroxylation is 1. The molecule has 0 aliphatic carbocycles. The molecule has 0 bridgehead atoms. The first-order valence-corrected chi connectivity index (χ1v) is 9.99. The Labute approximate surface area is 181 Å². The van der Waals surface area contributed by atoms with Crippen LogP contribution in [0, 0.1) is 13.8 Å². The second-order valence-electron chi connectivity index (χ2n) is 7.33. The molecular formula is C26H24O5. The van der Waals surface area contributed by atoms with Gasteiger partial charge in [-0.1, -0.05) is 30.3 Å². The molecule has 0 aromatic heterocycles. The maximum absolute atomic E-state index is 12.9. The molecule has 5 nitrogen and oxygen atoms in total. The van der Waals surface area contributed by atoms with Crippen LogP contribution in [0.4, 0.5) is 0 Å². The van der Waals surface area contributed by atoms with E-state index in [1.807, 2.05) is 37.3 Å². The first kappa shape index (κ1) is 20.5. The third-order valence-electron chi connectivity index (χ3n) is 5.39. The van der Waals surface area contributed by atoms with Crippen LogP contribution in [0.2, 0.25) is 0 Å². The number of allylic oxidation sites excluding steroid dienone is 1. The van der Waals surface area contributed by atoms with E-state index in [9.17, 15) is 4.79 Å². The summed E-state index contributed by atoms with van der Waals surface area (Å²) in [6, 6.07) is 17.1. The highest BCUT2D eigenvalue weighted by Crippen LogP contribution is 2.40. The van der Waals surface area contributed by atoms with Crippen LogP contribution in [0.25, 0.3) is 6.08 Å². The van der Waals surface area contributed by atoms with Crippen molar-refractivity contribution >= 4 is 11.9 Å². The van der Waals surface area contributed by atoms with Gasteiger partial charge in [-0.2, -0.15) is 0 Å². The zero-order valence-electron chi connectivity index (χ0n) is 18.0. The van der Waals surface area contributed by atoms with Crippen LogP contribution >= 0.6 is 0 Å². The lowest BCUT2D eigenvalue weighted by Gasteiger charge is -2.12. The highest BCUT2D eigenvalue weighted by Gasteiger charge is 2.30. The fourth-order valence-corrected chi connectivity index (χ4v) is 3.55. The van der Waals surface area contributed by atoms with Gasteiger partial charge in [-0.3, -0.25) is 4.79 Å². The second-order valence-corrected chi connectivity index (χ2v) is 7.33. The molecule has 0 radical (unpaired) electrons. The molecule has 3 aromatic rings. The maximum Gasteiger partial charge on any atom is 0.231 e. The Balaban J connectivity index is 1.58. The van der Waals surface area contributed by atoms with Crippen molar-refractivity contribution in [1.82, 2.24) is 0 Å². The van der Waals surface area contributed by atoms with Crippen LogP contribution < -0.4 is 18.9 Å². The monoisotopic (exact) mass is 416 g/mol. The highest BCUT2D eigenvalue weighted by molar-refractivity contribution is 6.15. The molecule has 1 aliphatic heterocycles. The molecule has 0 N–H and O–H groups in total. The Kier molecular flexibility index (Phi) is 5.67. The van der Waals surface area contributed by atoms with Gasteiger partial charge in [-0.15, -0.1) is 0 Å². The number of benzene rings is 3. The zero-order valence-corrected chi connectivity index (χ0v) is 18.0. The van der Waals surface area contributed by atoms with Crippen molar-refractivity contribution in [2.75, 3.05) is 14.2 Å². The smallest absolute Gasteiger partial charge is 0.231 e. The van der Waals surface area contributed by atoms with E-state index in [1.54, 1.807) is 38.5 Å². The van der Waals surface area contributed by atoms with Crippen LogP contribution in [-0.2, 0) is 6.61 Å². The summed E-state index contributed by atoms with van der Waals surface area (Å²) in [7, 11) is 3.15. The van der Waals surface area contributed by atoms with Crippen molar-refractivity contribution in [3.8, 4) is 23.0 Å². The summed E-state index contributed by atoms with van der Waals surface area (Å²) in [6.45, 7) is 4.41. The number of methoxy groups -OCH3 is 2. The molecule has 0 saturated carbocycles. The fraction of sp³-hybridized carbons (Fsp3) is 0.192. The van der Waals surface area contributed by atoms with Gasteiger partial charge in [0.25, 0.3) is 0 Å². The molecular weight excluding hydrogens is 392 g/mol. The van der Waals surface area contributed by atoms with Gasteiger partial charge in [-0.25, -0.2) is 0 Å². The minimum absolute atomic E-state index is 0.154. The van der Waals surface area contributed by atoms with Crippen LogP contribution in [0.1, 0.15) is 32.6 Å². The number of carbonyl (C=O) groups is 1. The van der Waals surface area contributed by atoms with Crippen LogP contribution in [0.15, 0.2) is 60.4 Å². The maximum atomic E-state index is 12.9. The standard InChI is InChI=1S/C26H24O5/c1-16-7-5-6-8-19(16)15-30-21-12-10-20-25(27)24(31-26(20)17(21)2)14-18-9-11-22(28-3)23(13-18)29-4/h5-14H,15H2,1-4H3/b24-14-. The Bertz CT molecular complexity index is 1180. The topological polar surface area (TPSA) is 54.0 Å². The van der Waals surface area contributed by atoms with E-state index in [-0.39, 0.29) is 11.5 Å². The average molecular weight is 416 g/mol. The van der Waals surface area contributed by atoms with Gasteiger partial charge in [0, 0.05) is 5.56 Å². The number of ketones is 1.